The van der Waals surface area contributed by atoms with E-state index in [4.69, 9.17) is 10.8 Å². The largest absolute Gasteiger partial charge is 0.479 e. The highest BCUT2D eigenvalue weighted by Gasteiger charge is 2.21. The van der Waals surface area contributed by atoms with Gasteiger partial charge >= 0.3 is 5.97 Å². The number of amides is 1. The van der Waals surface area contributed by atoms with Crippen LogP contribution in [0.2, 0.25) is 0 Å². The van der Waals surface area contributed by atoms with E-state index in [0.29, 0.717) is 18.5 Å². The zero-order valence-corrected chi connectivity index (χ0v) is 10.8. The van der Waals surface area contributed by atoms with Crippen LogP contribution in [0.4, 0.5) is 0 Å². The average Bonchev–Trinajstić information content (AvgIpc) is 2.41. The summed E-state index contributed by atoms with van der Waals surface area (Å²) in [7, 11) is 0. The van der Waals surface area contributed by atoms with Crippen LogP contribution in [0.25, 0.3) is 0 Å². The molecular formula is C14H20N2O3. The molecule has 0 aliphatic rings. The van der Waals surface area contributed by atoms with Crippen molar-refractivity contribution >= 4 is 11.9 Å². The molecule has 0 aliphatic heterocycles. The minimum atomic E-state index is -1.05. The van der Waals surface area contributed by atoms with Gasteiger partial charge in [0.2, 0.25) is 5.91 Å². The SMILES string of the molecule is NCCCCCC(=O)NC(C(=O)O)c1ccccc1. The Morgan fingerprint density at radius 3 is 2.42 bits per heavy atom. The van der Waals surface area contributed by atoms with E-state index in [1.807, 2.05) is 0 Å². The summed E-state index contributed by atoms with van der Waals surface area (Å²) < 4.78 is 0. The fourth-order valence-electron chi connectivity index (χ4n) is 1.77. The maximum atomic E-state index is 11.7. The third-order valence-electron chi connectivity index (χ3n) is 2.79. The third-order valence-corrected chi connectivity index (χ3v) is 2.79. The number of carboxylic acid groups (broad SMARTS) is 1. The Morgan fingerprint density at radius 2 is 1.84 bits per heavy atom. The second-order valence-electron chi connectivity index (χ2n) is 4.35. The molecule has 0 spiro atoms. The number of nitrogens with two attached hydrogens (primary N) is 1. The van der Waals surface area contributed by atoms with Gasteiger partial charge in [0.1, 0.15) is 0 Å². The molecule has 19 heavy (non-hydrogen) atoms. The minimum Gasteiger partial charge on any atom is -0.479 e. The van der Waals surface area contributed by atoms with Gasteiger partial charge in [0.05, 0.1) is 0 Å². The number of benzene rings is 1. The number of carbonyl (C=O) groups is 2. The molecule has 0 saturated carbocycles. The summed E-state index contributed by atoms with van der Waals surface area (Å²) in [6, 6.07) is 7.69. The van der Waals surface area contributed by atoms with E-state index in [1.165, 1.54) is 0 Å². The van der Waals surface area contributed by atoms with Gasteiger partial charge in [-0.05, 0) is 24.9 Å². The van der Waals surface area contributed by atoms with Crippen LogP contribution in [0, 0.1) is 0 Å². The van der Waals surface area contributed by atoms with Gasteiger partial charge in [-0.25, -0.2) is 4.79 Å². The van der Waals surface area contributed by atoms with E-state index in [9.17, 15) is 9.59 Å². The summed E-state index contributed by atoms with van der Waals surface area (Å²) >= 11 is 0. The summed E-state index contributed by atoms with van der Waals surface area (Å²) in [6.45, 7) is 0.614. The summed E-state index contributed by atoms with van der Waals surface area (Å²) in [5.74, 6) is -1.30. The molecule has 5 heteroatoms. The highest BCUT2D eigenvalue weighted by Crippen LogP contribution is 2.13. The van der Waals surface area contributed by atoms with Crippen molar-refractivity contribution in [3.63, 3.8) is 0 Å². The molecule has 1 aromatic carbocycles. The van der Waals surface area contributed by atoms with Gasteiger partial charge in [0.15, 0.2) is 6.04 Å². The molecule has 0 bridgehead atoms. The number of unbranched alkanes of at least 4 members (excludes halogenated alkanes) is 2. The Balaban J connectivity index is 2.51. The van der Waals surface area contributed by atoms with Crippen molar-refractivity contribution in [3.8, 4) is 0 Å². The Bertz CT molecular complexity index is 406. The fraction of sp³-hybridized carbons (Fsp3) is 0.429. The van der Waals surface area contributed by atoms with Crippen LogP contribution in [0.3, 0.4) is 0 Å². The van der Waals surface area contributed by atoms with E-state index in [1.54, 1.807) is 30.3 Å². The quantitative estimate of drug-likeness (QED) is 0.619. The number of hydrogen-bond acceptors (Lipinski definition) is 3. The molecule has 0 aromatic heterocycles. The molecule has 4 N–H and O–H groups in total. The predicted molar refractivity (Wildman–Crippen MR) is 72.5 cm³/mol. The van der Waals surface area contributed by atoms with E-state index >= 15 is 0 Å². The topological polar surface area (TPSA) is 92.4 Å². The molecule has 104 valence electrons. The van der Waals surface area contributed by atoms with Crippen molar-refractivity contribution in [3.05, 3.63) is 35.9 Å². The lowest BCUT2D eigenvalue weighted by atomic mass is 10.1. The molecule has 1 rings (SSSR count). The number of nitrogens with one attached hydrogen (secondary N) is 1. The zero-order chi connectivity index (χ0) is 14.1. The van der Waals surface area contributed by atoms with Gasteiger partial charge in [-0.15, -0.1) is 0 Å². The standard InChI is InChI=1S/C14H20N2O3/c15-10-6-2-5-9-12(17)16-13(14(18)19)11-7-3-1-4-8-11/h1,3-4,7-8,13H,2,5-6,9-10,15H2,(H,16,17)(H,18,19). The fourth-order valence-corrected chi connectivity index (χ4v) is 1.77. The summed E-state index contributed by atoms with van der Waals surface area (Å²) in [6.07, 6.45) is 2.82. The molecule has 0 aliphatic carbocycles. The molecule has 1 unspecified atom stereocenters. The van der Waals surface area contributed by atoms with Gasteiger partial charge in [-0.3, -0.25) is 4.79 Å². The average molecular weight is 264 g/mol. The minimum absolute atomic E-state index is 0.242. The number of aliphatic carboxylic acids is 1. The van der Waals surface area contributed by atoms with Crippen LogP contribution < -0.4 is 11.1 Å². The molecule has 5 nitrogen and oxygen atoms in total. The van der Waals surface area contributed by atoms with Crippen LogP contribution in [0.1, 0.15) is 37.3 Å². The van der Waals surface area contributed by atoms with Crippen molar-refractivity contribution in [1.29, 1.82) is 0 Å². The maximum Gasteiger partial charge on any atom is 0.330 e. The van der Waals surface area contributed by atoms with E-state index in [2.05, 4.69) is 5.32 Å². The molecular weight excluding hydrogens is 244 g/mol. The first-order valence-corrected chi connectivity index (χ1v) is 6.42. The Morgan fingerprint density at radius 1 is 1.16 bits per heavy atom. The summed E-state index contributed by atoms with van der Waals surface area (Å²) in [4.78, 5) is 22.9. The lowest BCUT2D eigenvalue weighted by Gasteiger charge is -2.14. The third kappa shape index (κ3) is 5.52. The van der Waals surface area contributed by atoms with Crippen LogP contribution in [0.15, 0.2) is 30.3 Å². The molecule has 0 fully saturated rings. The second kappa shape index (κ2) is 8.26. The van der Waals surface area contributed by atoms with E-state index in [-0.39, 0.29) is 5.91 Å². The first-order valence-electron chi connectivity index (χ1n) is 6.42. The van der Waals surface area contributed by atoms with Crippen LogP contribution in [-0.4, -0.2) is 23.5 Å². The van der Waals surface area contributed by atoms with Crippen LogP contribution >= 0.6 is 0 Å². The van der Waals surface area contributed by atoms with Crippen molar-refractivity contribution < 1.29 is 14.7 Å². The van der Waals surface area contributed by atoms with Crippen molar-refractivity contribution in [2.24, 2.45) is 5.73 Å². The Hall–Kier alpha value is -1.88. The number of rotatable bonds is 8. The van der Waals surface area contributed by atoms with Gasteiger partial charge in [-0.1, -0.05) is 36.8 Å². The van der Waals surface area contributed by atoms with Crippen LogP contribution in [-0.2, 0) is 9.59 Å². The van der Waals surface area contributed by atoms with Crippen molar-refractivity contribution in [2.75, 3.05) is 6.54 Å². The zero-order valence-electron chi connectivity index (χ0n) is 10.8. The van der Waals surface area contributed by atoms with E-state index < -0.39 is 12.0 Å². The van der Waals surface area contributed by atoms with Gasteiger partial charge in [-0.2, -0.15) is 0 Å². The lowest BCUT2D eigenvalue weighted by Crippen LogP contribution is -2.33. The monoisotopic (exact) mass is 264 g/mol. The number of hydrogen-bond donors (Lipinski definition) is 3. The summed E-state index contributed by atoms with van der Waals surface area (Å²) in [5.41, 5.74) is 5.94. The molecule has 1 atom stereocenters. The Labute approximate surface area is 112 Å². The first kappa shape index (κ1) is 15.2. The van der Waals surface area contributed by atoms with Gasteiger partial charge in [0, 0.05) is 6.42 Å². The maximum absolute atomic E-state index is 11.7. The Kier molecular flexibility index (Phi) is 6.60. The molecule has 0 saturated heterocycles. The number of carbonyl (C=O) groups excluding carboxylic acids is 1. The highest BCUT2D eigenvalue weighted by atomic mass is 16.4. The molecule has 1 amide bonds. The summed E-state index contributed by atoms with van der Waals surface area (Å²) in [5, 5.41) is 11.7. The molecule has 0 heterocycles. The normalized spacial score (nSPS) is 11.8. The van der Waals surface area contributed by atoms with Crippen molar-refractivity contribution in [2.45, 2.75) is 31.7 Å². The highest BCUT2D eigenvalue weighted by molar-refractivity contribution is 5.84. The first-order chi connectivity index (χ1) is 9.15. The lowest BCUT2D eigenvalue weighted by molar-refractivity contribution is -0.142. The van der Waals surface area contributed by atoms with Crippen molar-refractivity contribution in [1.82, 2.24) is 5.32 Å². The molecule has 1 aromatic rings. The smallest absolute Gasteiger partial charge is 0.330 e. The van der Waals surface area contributed by atoms with E-state index in [0.717, 1.165) is 19.3 Å². The molecule has 0 radical (unpaired) electrons. The number of carboxylic acids is 1. The van der Waals surface area contributed by atoms with Gasteiger partial charge in [0.25, 0.3) is 0 Å². The second-order valence-corrected chi connectivity index (χ2v) is 4.35. The van der Waals surface area contributed by atoms with Crippen LogP contribution in [0.5, 0.6) is 0 Å². The van der Waals surface area contributed by atoms with Gasteiger partial charge < -0.3 is 16.2 Å². The predicted octanol–water partition coefficient (Wildman–Crippen LogP) is 1.45.